The molecule has 0 aliphatic rings. The smallest absolute Gasteiger partial charge is 0.305 e. The number of aromatic nitrogens is 1. The van der Waals surface area contributed by atoms with Gasteiger partial charge in [0, 0.05) is 23.9 Å². The van der Waals surface area contributed by atoms with Crippen molar-refractivity contribution in [3.05, 3.63) is 41.4 Å². The Bertz CT molecular complexity index is 655. The molecule has 0 saturated heterocycles. The van der Waals surface area contributed by atoms with Crippen molar-refractivity contribution in [3.8, 4) is 10.6 Å². The van der Waals surface area contributed by atoms with Crippen LogP contribution in [0.5, 0.6) is 0 Å². The zero-order valence-electron chi connectivity index (χ0n) is 13.8. The zero-order valence-corrected chi connectivity index (χ0v) is 14.6. The Morgan fingerprint density at radius 3 is 2.71 bits per heavy atom. The number of ether oxygens (including phenoxy) is 1. The third kappa shape index (κ3) is 6.12. The first kappa shape index (κ1) is 18.1. The molecule has 0 saturated carbocycles. The summed E-state index contributed by atoms with van der Waals surface area (Å²) in [5.41, 5.74) is 1.86. The van der Waals surface area contributed by atoms with E-state index in [4.69, 9.17) is 0 Å². The van der Waals surface area contributed by atoms with E-state index in [1.807, 2.05) is 35.7 Å². The summed E-state index contributed by atoms with van der Waals surface area (Å²) in [5, 5.41) is 5.75. The number of amides is 1. The lowest BCUT2D eigenvalue weighted by molar-refractivity contribution is -0.140. The molecule has 0 spiro atoms. The number of carbonyl (C=O) groups excluding carboxylic acids is 2. The number of hydrogen-bond acceptors (Lipinski definition) is 5. The summed E-state index contributed by atoms with van der Waals surface area (Å²) in [6, 6.07) is 9.94. The van der Waals surface area contributed by atoms with E-state index in [1.54, 1.807) is 11.3 Å². The largest absolute Gasteiger partial charge is 0.469 e. The molecule has 1 N–H and O–H groups in total. The van der Waals surface area contributed by atoms with Crippen LogP contribution in [0.3, 0.4) is 0 Å². The second-order valence-electron chi connectivity index (χ2n) is 5.42. The van der Waals surface area contributed by atoms with Gasteiger partial charge in [-0.15, -0.1) is 11.3 Å². The van der Waals surface area contributed by atoms with Gasteiger partial charge in [-0.3, -0.25) is 9.59 Å². The first-order valence-electron chi connectivity index (χ1n) is 8.02. The van der Waals surface area contributed by atoms with Crippen molar-refractivity contribution in [1.82, 2.24) is 10.3 Å². The second kappa shape index (κ2) is 9.82. The lowest BCUT2D eigenvalue weighted by Crippen LogP contribution is -2.26. The first-order valence-corrected chi connectivity index (χ1v) is 8.90. The molecule has 0 aliphatic heterocycles. The number of unbranched alkanes of at least 4 members (excludes halogenated alkanes) is 2. The molecule has 24 heavy (non-hydrogen) atoms. The highest BCUT2D eigenvalue weighted by Gasteiger charge is 2.08. The van der Waals surface area contributed by atoms with Gasteiger partial charge in [-0.2, -0.15) is 0 Å². The van der Waals surface area contributed by atoms with Gasteiger partial charge in [-0.05, 0) is 12.8 Å². The van der Waals surface area contributed by atoms with Gasteiger partial charge in [-0.1, -0.05) is 36.8 Å². The maximum atomic E-state index is 11.9. The third-order valence-corrected chi connectivity index (χ3v) is 4.46. The van der Waals surface area contributed by atoms with Crippen LogP contribution in [0.4, 0.5) is 0 Å². The molecular formula is C18H22N2O3S. The average Bonchev–Trinajstić information content (AvgIpc) is 3.07. The van der Waals surface area contributed by atoms with E-state index in [9.17, 15) is 9.59 Å². The minimum atomic E-state index is -0.184. The van der Waals surface area contributed by atoms with Gasteiger partial charge in [0.1, 0.15) is 5.01 Å². The number of rotatable bonds is 9. The van der Waals surface area contributed by atoms with Crippen LogP contribution in [0.1, 0.15) is 31.4 Å². The fourth-order valence-electron chi connectivity index (χ4n) is 2.23. The van der Waals surface area contributed by atoms with Gasteiger partial charge < -0.3 is 10.1 Å². The normalized spacial score (nSPS) is 10.4. The first-order chi connectivity index (χ1) is 11.7. The number of thiazole rings is 1. The lowest BCUT2D eigenvalue weighted by atomic mass is 10.2. The Morgan fingerprint density at radius 2 is 1.96 bits per heavy atom. The monoisotopic (exact) mass is 346 g/mol. The SMILES string of the molecule is COC(=O)CCCCCNC(=O)Cc1csc(-c2ccccc2)n1. The summed E-state index contributed by atoms with van der Waals surface area (Å²) in [6.07, 6.45) is 3.27. The molecule has 0 unspecified atom stereocenters. The molecule has 2 aromatic rings. The molecular weight excluding hydrogens is 324 g/mol. The molecule has 1 amide bonds. The van der Waals surface area contributed by atoms with Crippen LogP contribution in [0, 0.1) is 0 Å². The number of nitrogens with zero attached hydrogens (tertiary/aromatic N) is 1. The van der Waals surface area contributed by atoms with Gasteiger partial charge >= 0.3 is 5.97 Å². The molecule has 2 rings (SSSR count). The van der Waals surface area contributed by atoms with Gasteiger partial charge in [0.2, 0.25) is 5.91 Å². The number of methoxy groups -OCH3 is 1. The Morgan fingerprint density at radius 1 is 1.17 bits per heavy atom. The molecule has 0 atom stereocenters. The summed E-state index contributed by atoms with van der Waals surface area (Å²) in [5.74, 6) is -0.204. The van der Waals surface area contributed by atoms with Crippen LogP contribution in [-0.2, 0) is 20.7 Å². The standard InChI is InChI=1S/C18H22N2O3S/c1-23-17(22)10-6-3-7-11-19-16(21)12-15-13-24-18(20-15)14-8-4-2-5-9-14/h2,4-5,8-9,13H,3,6-7,10-12H2,1H3,(H,19,21). The highest BCUT2D eigenvalue weighted by molar-refractivity contribution is 7.13. The lowest BCUT2D eigenvalue weighted by Gasteiger charge is -2.04. The fraction of sp³-hybridized carbons (Fsp3) is 0.389. The summed E-state index contributed by atoms with van der Waals surface area (Å²) < 4.78 is 4.58. The van der Waals surface area contributed by atoms with Crippen LogP contribution >= 0.6 is 11.3 Å². The topological polar surface area (TPSA) is 68.3 Å². The Hall–Kier alpha value is -2.21. The van der Waals surface area contributed by atoms with E-state index in [-0.39, 0.29) is 11.9 Å². The van der Waals surface area contributed by atoms with E-state index in [0.29, 0.717) is 19.4 Å². The van der Waals surface area contributed by atoms with Gasteiger partial charge in [0.05, 0.1) is 19.2 Å². The van der Waals surface area contributed by atoms with Crippen LogP contribution in [0.25, 0.3) is 10.6 Å². The highest BCUT2D eigenvalue weighted by Crippen LogP contribution is 2.23. The zero-order chi connectivity index (χ0) is 17.2. The van der Waals surface area contributed by atoms with Gasteiger partial charge in [0.25, 0.3) is 0 Å². The van der Waals surface area contributed by atoms with Gasteiger partial charge in [-0.25, -0.2) is 4.98 Å². The van der Waals surface area contributed by atoms with Crippen molar-refractivity contribution < 1.29 is 14.3 Å². The van der Waals surface area contributed by atoms with E-state index in [1.165, 1.54) is 7.11 Å². The van der Waals surface area contributed by atoms with Crippen molar-refractivity contribution in [2.75, 3.05) is 13.7 Å². The maximum absolute atomic E-state index is 11.9. The van der Waals surface area contributed by atoms with Crippen molar-refractivity contribution in [3.63, 3.8) is 0 Å². The Balaban J connectivity index is 1.66. The average molecular weight is 346 g/mol. The molecule has 0 radical (unpaired) electrons. The number of nitrogens with one attached hydrogen (secondary N) is 1. The summed E-state index contributed by atoms with van der Waals surface area (Å²) in [7, 11) is 1.39. The van der Waals surface area contributed by atoms with Crippen molar-refractivity contribution in [2.24, 2.45) is 0 Å². The molecule has 1 aromatic heterocycles. The fourth-order valence-corrected chi connectivity index (χ4v) is 3.06. The van der Waals surface area contributed by atoms with Crippen LogP contribution < -0.4 is 5.32 Å². The van der Waals surface area contributed by atoms with E-state index < -0.39 is 0 Å². The molecule has 0 fully saturated rings. The van der Waals surface area contributed by atoms with Crippen molar-refractivity contribution in [2.45, 2.75) is 32.1 Å². The number of benzene rings is 1. The molecule has 0 aliphatic carbocycles. The Labute approximate surface area is 146 Å². The second-order valence-corrected chi connectivity index (χ2v) is 6.28. The molecule has 6 heteroatoms. The minimum absolute atomic E-state index is 0.0205. The van der Waals surface area contributed by atoms with Crippen molar-refractivity contribution >= 4 is 23.2 Å². The number of esters is 1. The van der Waals surface area contributed by atoms with Crippen LogP contribution in [-0.4, -0.2) is 30.5 Å². The van der Waals surface area contributed by atoms with Gasteiger partial charge in [0.15, 0.2) is 0 Å². The molecule has 1 heterocycles. The highest BCUT2D eigenvalue weighted by atomic mass is 32.1. The summed E-state index contributed by atoms with van der Waals surface area (Å²) in [4.78, 5) is 27.4. The van der Waals surface area contributed by atoms with Crippen molar-refractivity contribution in [1.29, 1.82) is 0 Å². The summed E-state index contributed by atoms with van der Waals surface area (Å²) >= 11 is 1.55. The van der Waals surface area contributed by atoms with Crippen LogP contribution in [0.15, 0.2) is 35.7 Å². The maximum Gasteiger partial charge on any atom is 0.305 e. The van der Waals surface area contributed by atoms with E-state index in [0.717, 1.165) is 35.5 Å². The third-order valence-electron chi connectivity index (χ3n) is 3.52. The molecule has 5 nitrogen and oxygen atoms in total. The predicted molar refractivity (Wildman–Crippen MR) is 94.7 cm³/mol. The quantitative estimate of drug-likeness (QED) is 0.559. The molecule has 0 bridgehead atoms. The minimum Gasteiger partial charge on any atom is -0.469 e. The Kier molecular flexibility index (Phi) is 7.42. The molecule has 128 valence electrons. The van der Waals surface area contributed by atoms with E-state index >= 15 is 0 Å². The van der Waals surface area contributed by atoms with E-state index in [2.05, 4.69) is 15.0 Å². The number of carbonyl (C=O) groups is 2. The summed E-state index contributed by atoms with van der Waals surface area (Å²) in [6.45, 7) is 0.621. The molecule has 1 aromatic carbocycles. The number of hydrogen-bond donors (Lipinski definition) is 1. The predicted octanol–water partition coefficient (Wildman–Crippen LogP) is 3.20. The van der Waals surface area contributed by atoms with Crippen LogP contribution in [0.2, 0.25) is 0 Å².